The number of aryl methyl sites for hydroxylation is 1. The summed E-state index contributed by atoms with van der Waals surface area (Å²) in [5.41, 5.74) is 5.33. The Balaban J connectivity index is 2.36. The van der Waals surface area contributed by atoms with E-state index in [1.807, 2.05) is 14.0 Å². The number of carbonyl (C=O) groups is 1. The van der Waals surface area contributed by atoms with Crippen LogP contribution in [0.3, 0.4) is 0 Å². The molecule has 94 valence electrons. The highest BCUT2D eigenvalue weighted by Gasteiger charge is 2.21. The number of nitrogens with one attached hydrogen (secondary N) is 1. The van der Waals surface area contributed by atoms with Crippen molar-refractivity contribution in [2.24, 2.45) is 7.05 Å². The van der Waals surface area contributed by atoms with Crippen LogP contribution in [0.15, 0.2) is 12.1 Å². The van der Waals surface area contributed by atoms with E-state index in [2.05, 4.69) is 22.0 Å². The summed E-state index contributed by atoms with van der Waals surface area (Å²) in [4.78, 5) is 11.9. The van der Waals surface area contributed by atoms with E-state index in [-0.39, 0.29) is 5.97 Å². The minimum atomic E-state index is -0.260. The predicted molar refractivity (Wildman–Crippen MR) is 69.5 cm³/mol. The second kappa shape index (κ2) is 3.85. The van der Waals surface area contributed by atoms with Gasteiger partial charge >= 0.3 is 5.97 Å². The van der Waals surface area contributed by atoms with E-state index in [0.717, 1.165) is 29.7 Å². The molecule has 0 amide bonds. The summed E-state index contributed by atoms with van der Waals surface area (Å²) in [7, 11) is 3.41. The van der Waals surface area contributed by atoms with Crippen LogP contribution >= 0.6 is 0 Å². The normalized spacial score (nSPS) is 13.9. The van der Waals surface area contributed by atoms with Gasteiger partial charge in [0.15, 0.2) is 0 Å². The van der Waals surface area contributed by atoms with Crippen LogP contribution in [0.1, 0.15) is 27.2 Å². The van der Waals surface area contributed by atoms with Gasteiger partial charge in [0.1, 0.15) is 0 Å². The molecular weight excluding hydrogens is 228 g/mol. The molecule has 0 unspecified atom stereocenters. The third-order valence-corrected chi connectivity index (χ3v) is 3.83. The van der Waals surface area contributed by atoms with Crippen molar-refractivity contribution in [1.82, 2.24) is 9.88 Å². The third-order valence-electron chi connectivity index (χ3n) is 3.83. The lowest BCUT2D eigenvalue weighted by atomic mass is 10.0. The number of ether oxygens (including phenoxy) is 1. The summed E-state index contributed by atoms with van der Waals surface area (Å²) in [6.45, 7) is 3.73. The Hall–Kier alpha value is -1.81. The summed E-state index contributed by atoms with van der Waals surface area (Å²) in [5.74, 6) is -0.260. The largest absolute Gasteiger partial charge is 0.465 e. The van der Waals surface area contributed by atoms with Crippen LogP contribution in [0.2, 0.25) is 0 Å². The zero-order valence-electron chi connectivity index (χ0n) is 10.8. The number of benzene rings is 1. The zero-order valence-corrected chi connectivity index (χ0v) is 10.8. The molecule has 2 aromatic rings. The van der Waals surface area contributed by atoms with E-state index in [4.69, 9.17) is 4.74 Å². The second-order valence-electron chi connectivity index (χ2n) is 4.75. The molecule has 3 rings (SSSR count). The molecule has 0 fully saturated rings. The summed E-state index contributed by atoms with van der Waals surface area (Å²) in [5, 5.41) is 4.31. The fourth-order valence-electron chi connectivity index (χ4n) is 2.72. The van der Waals surface area contributed by atoms with Crippen molar-refractivity contribution < 1.29 is 9.53 Å². The molecule has 1 aromatic carbocycles. The fraction of sp³-hybridized carbons (Fsp3) is 0.357. The number of carbonyl (C=O) groups excluding carboxylic acids is 1. The molecule has 0 atom stereocenters. The summed E-state index contributed by atoms with van der Waals surface area (Å²) in [6.07, 6.45) is 0. The molecule has 2 heterocycles. The van der Waals surface area contributed by atoms with E-state index >= 15 is 0 Å². The smallest absolute Gasteiger partial charge is 0.340 e. The summed E-state index contributed by atoms with van der Waals surface area (Å²) >= 11 is 0. The molecule has 0 saturated carbocycles. The van der Waals surface area contributed by atoms with E-state index in [0.29, 0.717) is 5.56 Å². The minimum Gasteiger partial charge on any atom is -0.465 e. The molecule has 4 nitrogen and oxygen atoms in total. The molecule has 0 bridgehead atoms. The van der Waals surface area contributed by atoms with E-state index in [1.54, 1.807) is 0 Å². The van der Waals surface area contributed by atoms with Crippen molar-refractivity contribution in [3.8, 4) is 0 Å². The lowest BCUT2D eigenvalue weighted by Crippen LogP contribution is -2.03. The van der Waals surface area contributed by atoms with Crippen molar-refractivity contribution in [2.45, 2.75) is 20.0 Å². The van der Waals surface area contributed by atoms with Crippen molar-refractivity contribution >= 4 is 16.9 Å². The average molecular weight is 244 g/mol. The molecule has 18 heavy (non-hydrogen) atoms. The highest BCUT2D eigenvalue weighted by atomic mass is 16.5. The molecule has 1 aliphatic heterocycles. The number of rotatable bonds is 1. The average Bonchev–Trinajstić information content (AvgIpc) is 2.91. The second-order valence-corrected chi connectivity index (χ2v) is 4.75. The Morgan fingerprint density at radius 3 is 2.67 bits per heavy atom. The van der Waals surface area contributed by atoms with Gasteiger partial charge in [-0.1, -0.05) is 0 Å². The first-order valence-corrected chi connectivity index (χ1v) is 6.03. The first-order valence-electron chi connectivity index (χ1n) is 6.03. The Bertz CT molecular complexity index is 656. The van der Waals surface area contributed by atoms with Gasteiger partial charge in [0.25, 0.3) is 0 Å². The molecular formula is C14H16N2O2. The van der Waals surface area contributed by atoms with Crippen LogP contribution < -0.4 is 5.32 Å². The maximum atomic E-state index is 11.9. The topological polar surface area (TPSA) is 43.3 Å². The van der Waals surface area contributed by atoms with Crippen LogP contribution in [-0.4, -0.2) is 17.6 Å². The van der Waals surface area contributed by atoms with Crippen LogP contribution in [-0.2, 0) is 24.9 Å². The Labute approximate surface area is 106 Å². The predicted octanol–water partition coefficient (Wildman–Crippen LogP) is 1.88. The van der Waals surface area contributed by atoms with Crippen molar-refractivity contribution in [3.05, 3.63) is 34.5 Å². The Kier molecular flexibility index (Phi) is 2.41. The van der Waals surface area contributed by atoms with Crippen LogP contribution in [0.25, 0.3) is 10.9 Å². The summed E-state index contributed by atoms with van der Waals surface area (Å²) < 4.78 is 6.95. The maximum absolute atomic E-state index is 11.9. The van der Waals surface area contributed by atoms with Gasteiger partial charge in [0, 0.05) is 36.7 Å². The maximum Gasteiger partial charge on any atom is 0.340 e. The zero-order chi connectivity index (χ0) is 12.9. The van der Waals surface area contributed by atoms with Crippen molar-refractivity contribution in [3.63, 3.8) is 0 Å². The lowest BCUT2D eigenvalue weighted by Gasteiger charge is -2.01. The number of hydrogen-bond acceptors (Lipinski definition) is 3. The highest BCUT2D eigenvalue weighted by Crippen LogP contribution is 2.30. The number of aromatic nitrogens is 1. The molecule has 0 aliphatic carbocycles. The van der Waals surface area contributed by atoms with Gasteiger partial charge in [-0.15, -0.1) is 0 Å². The molecule has 0 radical (unpaired) electrons. The van der Waals surface area contributed by atoms with Gasteiger partial charge in [-0.05, 0) is 30.2 Å². The molecule has 4 heteroatoms. The van der Waals surface area contributed by atoms with Crippen LogP contribution in [0.4, 0.5) is 0 Å². The van der Waals surface area contributed by atoms with E-state index in [1.165, 1.54) is 18.2 Å². The standard InChI is InChI=1S/C14H16N2O2/c1-8-13(14(17)18-3)11-4-9-6-15-7-10(9)5-12(11)16(8)2/h4-5,15H,6-7H2,1-3H3. The first-order chi connectivity index (χ1) is 8.63. The monoisotopic (exact) mass is 244 g/mol. The van der Waals surface area contributed by atoms with Crippen LogP contribution in [0, 0.1) is 6.92 Å². The number of esters is 1. The molecule has 0 saturated heterocycles. The Morgan fingerprint density at radius 2 is 2.00 bits per heavy atom. The number of methoxy groups -OCH3 is 1. The Morgan fingerprint density at radius 1 is 1.33 bits per heavy atom. The van der Waals surface area contributed by atoms with Gasteiger partial charge in [-0.25, -0.2) is 4.79 Å². The van der Waals surface area contributed by atoms with Crippen molar-refractivity contribution in [2.75, 3.05) is 7.11 Å². The third kappa shape index (κ3) is 1.39. The van der Waals surface area contributed by atoms with Gasteiger partial charge < -0.3 is 14.6 Å². The van der Waals surface area contributed by atoms with E-state index < -0.39 is 0 Å². The molecule has 1 aliphatic rings. The molecule has 1 N–H and O–H groups in total. The molecule has 1 aromatic heterocycles. The fourth-order valence-corrected chi connectivity index (χ4v) is 2.72. The number of hydrogen-bond donors (Lipinski definition) is 1. The van der Waals surface area contributed by atoms with Crippen LogP contribution in [0.5, 0.6) is 0 Å². The summed E-state index contributed by atoms with van der Waals surface area (Å²) in [6, 6.07) is 4.29. The highest BCUT2D eigenvalue weighted by molar-refractivity contribution is 6.06. The number of nitrogens with zero attached hydrogens (tertiary/aromatic N) is 1. The minimum absolute atomic E-state index is 0.260. The molecule has 0 spiro atoms. The van der Waals surface area contributed by atoms with Gasteiger partial charge in [-0.3, -0.25) is 0 Å². The van der Waals surface area contributed by atoms with Gasteiger partial charge in [-0.2, -0.15) is 0 Å². The first kappa shape index (κ1) is 11.3. The number of fused-ring (bicyclic) bond motifs is 2. The lowest BCUT2D eigenvalue weighted by molar-refractivity contribution is 0.0602. The van der Waals surface area contributed by atoms with Crippen molar-refractivity contribution in [1.29, 1.82) is 0 Å². The van der Waals surface area contributed by atoms with Gasteiger partial charge in [0.2, 0.25) is 0 Å². The van der Waals surface area contributed by atoms with Gasteiger partial charge in [0.05, 0.1) is 12.7 Å². The quantitative estimate of drug-likeness (QED) is 0.779. The SMILES string of the molecule is COC(=O)c1c(C)n(C)c2cc3c(cc12)CNC3. The van der Waals surface area contributed by atoms with E-state index in [9.17, 15) is 4.79 Å².